The number of carbonyl (C=O) groups is 2. The van der Waals surface area contributed by atoms with Gasteiger partial charge in [0.2, 0.25) is 0 Å². The number of para-hydroxylation sites is 1. The van der Waals surface area contributed by atoms with Gasteiger partial charge in [-0.15, -0.1) is 11.3 Å². The molecule has 1 aromatic carbocycles. The van der Waals surface area contributed by atoms with Gasteiger partial charge in [0.05, 0.1) is 11.5 Å². The van der Waals surface area contributed by atoms with Crippen molar-refractivity contribution in [2.24, 2.45) is 5.16 Å². The topological polar surface area (TPSA) is 156 Å². The second-order valence-electron chi connectivity index (χ2n) is 5.92. The van der Waals surface area contributed by atoms with E-state index in [-0.39, 0.29) is 40.9 Å². The number of nitrogen functional groups attached to an aromatic ring is 1. The van der Waals surface area contributed by atoms with Crippen molar-refractivity contribution in [1.29, 1.82) is 0 Å². The van der Waals surface area contributed by atoms with Gasteiger partial charge >= 0.3 is 13.1 Å². The van der Waals surface area contributed by atoms with E-state index in [2.05, 4.69) is 15.5 Å². The van der Waals surface area contributed by atoms with Gasteiger partial charge in [-0.1, -0.05) is 17.3 Å². The largest absolute Gasteiger partial charge is 0.547 e. The van der Waals surface area contributed by atoms with Crippen molar-refractivity contribution in [3.8, 4) is 5.75 Å². The molecule has 2 heterocycles. The number of fused-ring (bicyclic) bond motifs is 1. The first-order valence-electron chi connectivity index (χ1n) is 8.38. The highest BCUT2D eigenvalue weighted by atomic mass is 32.1. The third-order valence-electron chi connectivity index (χ3n) is 3.97. The molecule has 29 heavy (non-hydrogen) atoms. The van der Waals surface area contributed by atoms with E-state index < -0.39 is 31.6 Å². The number of nitrogens with zero attached hydrogens (tertiary/aromatic N) is 2. The summed E-state index contributed by atoms with van der Waals surface area (Å²) in [4.78, 5) is 32.7. The zero-order chi connectivity index (χ0) is 21.0. The maximum absolute atomic E-state index is 12.7. The molecule has 3 rings (SSSR count). The molecule has 0 aliphatic carbocycles. The van der Waals surface area contributed by atoms with Crippen LogP contribution < -0.4 is 15.7 Å². The predicted octanol–water partition coefficient (Wildman–Crippen LogP) is 0.253. The first kappa shape index (κ1) is 20.5. The number of amides is 1. The van der Waals surface area contributed by atoms with Gasteiger partial charge in [-0.05, 0) is 18.1 Å². The molecule has 0 spiro atoms. The Morgan fingerprint density at radius 3 is 2.97 bits per heavy atom. The van der Waals surface area contributed by atoms with Crippen LogP contribution in [0, 0.1) is 0 Å². The lowest BCUT2D eigenvalue weighted by molar-refractivity contribution is -0.115. The van der Waals surface area contributed by atoms with Crippen molar-refractivity contribution >= 4 is 41.2 Å². The van der Waals surface area contributed by atoms with Crippen molar-refractivity contribution in [3.63, 3.8) is 0 Å². The zero-order valence-corrected chi connectivity index (χ0v) is 15.7. The summed E-state index contributed by atoms with van der Waals surface area (Å²) < 4.78 is 17.6. The van der Waals surface area contributed by atoms with Crippen molar-refractivity contribution in [1.82, 2.24) is 10.3 Å². The number of rotatable bonds is 7. The molecule has 0 unspecified atom stereocenters. The molecule has 1 aliphatic heterocycles. The highest BCUT2D eigenvalue weighted by molar-refractivity contribution is 7.13. The minimum absolute atomic E-state index is 0.0467. The van der Waals surface area contributed by atoms with E-state index >= 15 is 0 Å². The zero-order valence-electron chi connectivity index (χ0n) is 14.9. The van der Waals surface area contributed by atoms with Crippen LogP contribution in [0.1, 0.15) is 21.6 Å². The van der Waals surface area contributed by atoms with Crippen LogP contribution in [0.25, 0.3) is 0 Å². The van der Waals surface area contributed by atoms with Crippen LogP contribution >= 0.6 is 11.3 Å². The molecule has 0 fully saturated rings. The summed E-state index contributed by atoms with van der Waals surface area (Å²) in [6.07, 6.45) is 0.112. The highest BCUT2D eigenvalue weighted by Crippen LogP contribution is 2.30. The fraction of sp³-hybridized carbons (Fsp3) is 0.250. The van der Waals surface area contributed by atoms with Crippen molar-refractivity contribution in [2.75, 3.05) is 19.0 Å². The number of nitrogens with two attached hydrogens (primary N) is 1. The van der Waals surface area contributed by atoms with Gasteiger partial charge in [-0.25, -0.2) is 14.2 Å². The van der Waals surface area contributed by atoms with Crippen LogP contribution in [0.4, 0.5) is 9.52 Å². The third-order valence-corrected chi connectivity index (χ3v) is 4.64. The van der Waals surface area contributed by atoms with Gasteiger partial charge in [0.1, 0.15) is 24.7 Å². The van der Waals surface area contributed by atoms with E-state index in [1.807, 2.05) is 0 Å². The van der Waals surface area contributed by atoms with Crippen LogP contribution in [0.2, 0.25) is 0 Å². The molecule has 2 aromatic rings. The lowest BCUT2D eigenvalue weighted by Gasteiger charge is -2.28. The molecule has 0 bridgehead atoms. The number of nitrogens with one attached hydrogen (secondary N) is 1. The number of alkyl halides is 1. The average Bonchev–Trinajstić information content (AvgIpc) is 3.11. The van der Waals surface area contributed by atoms with E-state index in [1.54, 1.807) is 6.07 Å². The molecule has 1 aromatic heterocycles. The number of thiazole rings is 1. The molecule has 1 amide bonds. The van der Waals surface area contributed by atoms with E-state index in [1.165, 1.54) is 17.5 Å². The summed E-state index contributed by atoms with van der Waals surface area (Å²) in [6, 6.07) is 4.53. The van der Waals surface area contributed by atoms with Gasteiger partial charge < -0.3 is 30.7 Å². The Morgan fingerprint density at radius 2 is 2.31 bits per heavy atom. The number of carbonyl (C=O) groups excluding carboxylic acids is 1. The standard InChI is InChI=1S/C16H16BFN4O6S/c18-4-5-27-22-12(10-7-29-16(19)20-10)14(23)21-11-6-8-2-1-3-9(15(24)25)13(8)28-17(11)26/h1-3,7,11,26H,4-6H2,(H2,19,20)(H,21,23)(H,24,25)/b22-12-/t11-/m0/s1. The van der Waals surface area contributed by atoms with Crippen LogP contribution in [-0.2, 0) is 16.1 Å². The molecule has 0 saturated carbocycles. The Hall–Kier alpha value is -3.19. The molecule has 0 radical (unpaired) electrons. The summed E-state index contributed by atoms with van der Waals surface area (Å²) in [5.41, 5.74) is 5.88. The number of carboxylic acid groups (broad SMARTS) is 1. The molecule has 0 saturated heterocycles. The first-order chi connectivity index (χ1) is 13.9. The van der Waals surface area contributed by atoms with Gasteiger partial charge in [-0.3, -0.25) is 4.79 Å². The first-order valence-corrected chi connectivity index (χ1v) is 9.26. The van der Waals surface area contributed by atoms with Crippen LogP contribution in [-0.4, -0.2) is 59.0 Å². The SMILES string of the molecule is Nc1nc(/C(=N/OCCF)C(=O)N[C@H]2Cc3cccc(C(=O)O)c3OB2O)cs1. The van der Waals surface area contributed by atoms with E-state index in [0.717, 1.165) is 11.3 Å². The van der Waals surface area contributed by atoms with E-state index in [0.29, 0.717) is 5.56 Å². The normalized spacial score (nSPS) is 16.0. The third kappa shape index (κ3) is 4.63. The second-order valence-corrected chi connectivity index (χ2v) is 6.81. The molecular formula is C16H16BFN4O6S. The maximum atomic E-state index is 12.7. The Balaban J connectivity index is 1.80. The summed E-state index contributed by atoms with van der Waals surface area (Å²) >= 11 is 1.08. The number of aromatic nitrogens is 1. The molecular weight excluding hydrogens is 406 g/mol. The molecule has 1 aliphatic rings. The number of benzene rings is 1. The van der Waals surface area contributed by atoms with Gasteiger partial charge in [0, 0.05) is 5.38 Å². The lowest BCUT2D eigenvalue weighted by Crippen LogP contribution is -2.54. The summed E-state index contributed by atoms with van der Waals surface area (Å²) in [5.74, 6) is -2.80. The molecule has 152 valence electrons. The Bertz CT molecular complexity index is 955. The van der Waals surface area contributed by atoms with Crippen molar-refractivity contribution in [3.05, 3.63) is 40.4 Å². The Labute approximate surface area is 168 Å². The average molecular weight is 422 g/mol. The summed E-state index contributed by atoms with van der Waals surface area (Å²) in [6.45, 7) is -1.15. The molecule has 10 nitrogen and oxygen atoms in total. The number of carboxylic acids is 1. The lowest BCUT2D eigenvalue weighted by atomic mass is 9.72. The monoisotopic (exact) mass is 422 g/mol. The number of anilines is 1. The minimum Gasteiger partial charge on any atom is -0.534 e. The molecule has 13 heteroatoms. The summed E-state index contributed by atoms with van der Waals surface area (Å²) in [5, 5.41) is 27.3. The van der Waals surface area contributed by atoms with E-state index in [9.17, 15) is 24.1 Å². The second kappa shape index (κ2) is 8.88. The minimum atomic E-state index is -1.50. The quantitative estimate of drug-likeness (QED) is 0.214. The fourth-order valence-electron chi connectivity index (χ4n) is 2.70. The fourth-order valence-corrected chi connectivity index (χ4v) is 3.25. The van der Waals surface area contributed by atoms with E-state index in [4.69, 9.17) is 15.2 Å². The van der Waals surface area contributed by atoms with Gasteiger partial charge in [0.25, 0.3) is 5.91 Å². The van der Waals surface area contributed by atoms with Gasteiger partial charge in [0.15, 0.2) is 10.8 Å². The van der Waals surface area contributed by atoms with Crippen molar-refractivity contribution < 1.29 is 33.6 Å². The van der Waals surface area contributed by atoms with Crippen molar-refractivity contribution in [2.45, 2.75) is 12.4 Å². The smallest absolute Gasteiger partial charge is 0.534 e. The number of hydrogen-bond donors (Lipinski definition) is 4. The van der Waals surface area contributed by atoms with Crippen LogP contribution in [0.5, 0.6) is 5.75 Å². The molecule has 1 atom stereocenters. The highest BCUT2D eigenvalue weighted by Gasteiger charge is 2.38. The molecule has 5 N–H and O–H groups in total. The van der Waals surface area contributed by atoms with Crippen LogP contribution in [0.15, 0.2) is 28.7 Å². The number of halogens is 1. The number of hydrogen-bond acceptors (Lipinski definition) is 9. The Morgan fingerprint density at radius 1 is 1.52 bits per heavy atom. The number of oxime groups is 1. The summed E-state index contributed by atoms with van der Waals surface area (Å²) in [7, 11) is -1.50. The number of aromatic carboxylic acids is 1. The Kier molecular flexibility index (Phi) is 6.29. The maximum Gasteiger partial charge on any atom is 0.547 e. The van der Waals surface area contributed by atoms with Crippen LogP contribution in [0.3, 0.4) is 0 Å². The predicted molar refractivity (Wildman–Crippen MR) is 103 cm³/mol. The van der Waals surface area contributed by atoms with Gasteiger partial charge in [-0.2, -0.15) is 0 Å².